The zero-order chi connectivity index (χ0) is 38.5. The third-order valence-corrected chi connectivity index (χ3v) is 12.2. The van der Waals surface area contributed by atoms with Gasteiger partial charge in [-0.2, -0.15) is 6.08 Å². The van der Waals surface area contributed by atoms with Crippen molar-refractivity contribution in [3.8, 4) is 22.3 Å². The molecule has 1 aliphatic rings. The monoisotopic (exact) mass is 978 g/mol. The number of fused-ring (bicyclic) bond motifs is 3. The van der Waals surface area contributed by atoms with Crippen LogP contribution >= 0.6 is 23.2 Å². The molecule has 0 saturated heterocycles. The van der Waals surface area contributed by atoms with Gasteiger partial charge in [-0.3, -0.25) is 6.08 Å². The van der Waals surface area contributed by atoms with E-state index in [9.17, 15) is 0 Å². The first-order valence-electron chi connectivity index (χ1n) is 18.4. The van der Waals surface area contributed by atoms with Gasteiger partial charge in [0.05, 0.1) is 0 Å². The van der Waals surface area contributed by atoms with E-state index in [0.29, 0.717) is 0 Å². The van der Waals surface area contributed by atoms with Crippen LogP contribution in [-0.2, 0) is 34.7 Å². The maximum atomic E-state index is 5.87. The summed E-state index contributed by atoms with van der Waals surface area (Å²) in [4.78, 5) is 0. The van der Waals surface area contributed by atoms with Crippen molar-refractivity contribution < 1.29 is 48.7 Å². The largest absolute Gasteiger partial charge is 1.00 e. The summed E-state index contributed by atoms with van der Waals surface area (Å²) >= 11 is 12.7. The fourth-order valence-corrected chi connectivity index (χ4v) is 8.25. The molecule has 0 nitrogen and oxygen atoms in total. The van der Waals surface area contributed by atoms with Crippen molar-refractivity contribution in [1.29, 1.82) is 0 Å². The van der Waals surface area contributed by atoms with Crippen molar-refractivity contribution in [2.24, 2.45) is 0 Å². The van der Waals surface area contributed by atoms with Gasteiger partial charge in [0.1, 0.15) is 0 Å². The molecule has 0 bridgehead atoms. The zero-order valence-corrected chi connectivity index (χ0v) is 39.3. The third-order valence-electron chi connectivity index (χ3n) is 9.62. The van der Waals surface area contributed by atoms with Gasteiger partial charge in [-0.25, -0.2) is 12.2 Å². The first-order valence-corrected chi connectivity index (χ1v) is 21.0. The van der Waals surface area contributed by atoms with Crippen LogP contribution in [0.15, 0.2) is 158 Å². The molecule has 0 fully saturated rings. The summed E-state index contributed by atoms with van der Waals surface area (Å²) in [6, 6.07) is 49.6. The average molecular weight is 979 g/mol. The van der Waals surface area contributed by atoms with Crippen molar-refractivity contribution in [3.63, 3.8) is 0 Å². The minimum Gasteiger partial charge on any atom is -1.00 e. The molecule has 0 heterocycles. The topological polar surface area (TPSA) is 0 Å². The standard InChI is InChI=1S/C33H33.C13H8Cl2.C5H5.2ClH.Hf/c1-32(2,3)30-20-26-24(18-28(30)22-13-9-7-10-14-22)17-25-19-29(23-15-11-8-12-16-23)31(21-27(25)26)33(4,5)6;14-12-5-1-10(2-6-12)9-11-3-7-13(15)8-4-11;1-2-4-5-3-1;;;/h7-21H,1-6H3;1-8H;1-3H,4H2;2*1H;/q-1;;-1;;;+2/p-2. The van der Waals surface area contributed by atoms with Crippen molar-refractivity contribution in [2.45, 2.75) is 58.8 Å². The van der Waals surface area contributed by atoms with E-state index in [1.807, 2.05) is 36.4 Å². The Balaban J connectivity index is 0.000000252. The second-order valence-corrected chi connectivity index (χ2v) is 18.4. The maximum Gasteiger partial charge on any atom is -0.109 e. The van der Waals surface area contributed by atoms with Crippen LogP contribution in [0.2, 0.25) is 10.0 Å². The molecule has 0 spiro atoms. The van der Waals surface area contributed by atoms with Gasteiger partial charge in [0.2, 0.25) is 0 Å². The smallest absolute Gasteiger partial charge is 0.109 e. The van der Waals surface area contributed by atoms with E-state index in [-0.39, 0.29) is 35.6 Å². The summed E-state index contributed by atoms with van der Waals surface area (Å²) in [6.45, 7) is 13.9. The van der Waals surface area contributed by atoms with E-state index >= 15 is 0 Å². The molecule has 0 aliphatic heterocycles. The second kappa shape index (κ2) is 19.8. The van der Waals surface area contributed by atoms with E-state index in [2.05, 4.69) is 169 Å². The number of hydrogen-bond acceptors (Lipinski definition) is 0. The van der Waals surface area contributed by atoms with Gasteiger partial charge >= 0.3 is 120 Å². The number of rotatable bonds is 4. The summed E-state index contributed by atoms with van der Waals surface area (Å²) < 4.78 is 1.35. The zero-order valence-electron chi connectivity index (χ0n) is 32.7. The Labute approximate surface area is 370 Å². The van der Waals surface area contributed by atoms with Crippen LogP contribution in [0, 0.1) is 6.08 Å². The summed E-state index contributed by atoms with van der Waals surface area (Å²) in [5.41, 5.74) is 10.6. The fourth-order valence-electron chi connectivity index (χ4n) is 6.80. The molecule has 8 rings (SSSR count). The molecule has 0 atom stereocenters. The number of allylic oxidation sites excluding steroid dienone is 4. The molecule has 5 heteroatoms. The maximum absolute atomic E-state index is 5.87. The molecule has 0 aromatic heterocycles. The Morgan fingerprint density at radius 3 is 1.27 bits per heavy atom. The minimum absolute atomic E-state index is 0. The average Bonchev–Trinajstić information content (AvgIpc) is 3.86. The quantitative estimate of drug-likeness (QED) is 0.122. The summed E-state index contributed by atoms with van der Waals surface area (Å²) in [5, 5.41) is 6.91. The Kier molecular flexibility index (Phi) is 16.0. The van der Waals surface area contributed by atoms with Crippen molar-refractivity contribution >= 4 is 48.0 Å². The van der Waals surface area contributed by atoms with E-state index in [0.717, 1.165) is 40.4 Å². The van der Waals surface area contributed by atoms with Crippen molar-refractivity contribution in [1.82, 2.24) is 0 Å². The summed E-state index contributed by atoms with van der Waals surface area (Å²) in [7, 11) is 0. The van der Waals surface area contributed by atoms with Gasteiger partial charge in [-0.15, -0.1) is 46.2 Å². The molecule has 7 aromatic rings. The molecule has 7 aromatic carbocycles. The fraction of sp³-hybridized carbons (Fsp3) is 0.176. The van der Waals surface area contributed by atoms with Crippen LogP contribution < -0.4 is 24.8 Å². The normalized spacial score (nSPS) is 11.9. The Hall–Kier alpha value is -3.43. The van der Waals surface area contributed by atoms with Crippen LogP contribution in [0.25, 0.3) is 43.8 Å². The van der Waals surface area contributed by atoms with Crippen LogP contribution in [-0.4, -0.2) is 3.26 Å². The number of hydrogen-bond donors (Lipinski definition) is 0. The molecule has 56 heavy (non-hydrogen) atoms. The SMILES string of the molecule is CC(C)(C)c1cc2c(cc1-c1ccccc1)[cH-]c1cc(-c3ccccc3)c(C(C)(C)C)cc12.Clc1ccc([C](=[Hf+2])c2ccc(Cl)cc2)cc1.[C-]1=CC=CC1.[Cl-].[Cl-]. The predicted molar refractivity (Wildman–Crippen MR) is 233 cm³/mol. The molecule has 0 amide bonds. The van der Waals surface area contributed by atoms with Crippen molar-refractivity contribution in [2.75, 3.05) is 0 Å². The number of benzene rings is 6. The van der Waals surface area contributed by atoms with Gasteiger partial charge in [-0.05, 0) is 44.2 Å². The van der Waals surface area contributed by atoms with E-state index in [1.54, 1.807) is 0 Å². The minimum atomic E-state index is 0. The predicted octanol–water partition coefficient (Wildman–Crippen LogP) is 9.06. The molecular formula is C51H46Cl4Hf-2. The molecule has 284 valence electrons. The Morgan fingerprint density at radius 2 is 0.964 bits per heavy atom. The molecule has 0 unspecified atom stereocenters. The van der Waals surface area contributed by atoms with Gasteiger partial charge in [0.15, 0.2) is 0 Å². The van der Waals surface area contributed by atoms with E-state index in [1.165, 1.54) is 69.3 Å². The summed E-state index contributed by atoms with van der Waals surface area (Å²) in [5.74, 6) is 0. The molecule has 0 radical (unpaired) electrons. The summed E-state index contributed by atoms with van der Waals surface area (Å²) in [6.07, 6.45) is 10.0. The Morgan fingerprint density at radius 1 is 0.571 bits per heavy atom. The van der Waals surface area contributed by atoms with Gasteiger partial charge < -0.3 is 24.8 Å². The molecule has 0 N–H and O–H groups in total. The van der Waals surface area contributed by atoms with Gasteiger partial charge in [0.25, 0.3) is 0 Å². The van der Waals surface area contributed by atoms with Crippen LogP contribution in [0.5, 0.6) is 0 Å². The van der Waals surface area contributed by atoms with Crippen LogP contribution in [0.3, 0.4) is 0 Å². The number of halogens is 4. The van der Waals surface area contributed by atoms with E-state index in [4.69, 9.17) is 23.2 Å². The first-order chi connectivity index (χ1) is 25.8. The molecular weight excluding hydrogens is 933 g/mol. The second-order valence-electron chi connectivity index (χ2n) is 15.7. The van der Waals surface area contributed by atoms with Gasteiger partial charge in [0, 0.05) is 0 Å². The third kappa shape index (κ3) is 11.1. The Bertz CT molecular complexity index is 2260. The van der Waals surface area contributed by atoms with Crippen molar-refractivity contribution in [3.05, 3.63) is 196 Å². The van der Waals surface area contributed by atoms with Crippen LogP contribution in [0.4, 0.5) is 0 Å². The first kappa shape index (κ1) is 45.3. The van der Waals surface area contributed by atoms with Crippen LogP contribution in [0.1, 0.15) is 70.2 Å². The molecule has 1 aliphatic carbocycles. The van der Waals surface area contributed by atoms with Gasteiger partial charge in [-0.1, -0.05) is 114 Å². The van der Waals surface area contributed by atoms with E-state index < -0.39 is 0 Å². The molecule has 0 saturated carbocycles.